The van der Waals surface area contributed by atoms with Crippen molar-refractivity contribution in [3.8, 4) is 0 Å². The Kier molecular flexibility index (Phi) is 11.5. The Balaban J connectivity index is 1.75. The van der Waals surface area contributed by atoms with Gasteiger partial charge in [0.25, 0.3) is 0 Å². The van der Waals surface area contributed by atoms with Gasteiger partial charge in [0.1, 0.15) is 24.4 Å². The van der Waals surface area contributed by atoms with E-state index in [0.717, 1.165) is 6.26 Å². The summed E-state index contributed by atoms with van der Waals surface area (Å²) in [6.07, 6.45) is -6.64. The van der Waals surface area contributed by atoms with Crippen LogP contribution in [0.3, 0.4) is 0 Å². The number of rotatable bonds is 10. The maximum Gasteiger partial charge on any atom is 0.337 e. The molecule has 2 aliphatic heterocycles. The minimum Gasteiger partial charge on any atom is -0.468 e. The first kappa shape index (κ1) is 32.4. The van der Waals surface area contributed by atoms with Crippen molar-refractivity contribution in [2.45, 2.75) is 76.7 Å². The molecule has 2 fully saturated rings. The molecule has 228 valence electrons. The highest BCUT2D eigenvalue weighted by Gasteiger charge is 2.47. The van der Waals surface area contributed by atoms with Crippen LogP contribution in [0, 0.1) is 29.6 Å². The van der Waals surface area contributed by atoms with Crippen LogP contribution in [0.15, 0.2) is 23.5 Å². The average molecular weight is 575 g/mol. The molecule has 6 N–H and O–H groups in total. The molecule has 1 saturated heterocycles. The Labute approximate surface area is 232 Å². The van der Waals surface area contributed by atoms with Gasteiger partial charge in [-0.1, -0.05) is 19.9 Å². The van der Waals surface area contributed by atoms with Crippen molar-refractivity contribution >= 4 is 11.9 Å². The number of esters is 2. The standard InChI is InChI=1S/C27H42O13/c1-5-14-16(7-21(31)37-10-17-13(3)19(30)6-15(17)12(2)8-28)18(25(35)36-4)11-38-26(14)40-27-24(34)23(33)22(32)20(9-29)39-27/h5,11-13,15-17,19-20,22-24,26-30,32-34H,6-10H2,1-4H3. The first-order valence-corrected chi connectivity index (χ1v) is 13.5. The molecule has 0 radical (unpaired) electrons. The van der Waals surface area contributed by atoms with Gasteiger partial charge < -0.3 is 54.3 Å². The summed E-state index contributed by atoms with van der Waals surface area (Å²) in [6, 6.07) is 0. The summed E-state index contributed by atoms with van der Waals surface area (Å²) in [5.41, 5.74) is 0.339. The SMILES string of the molecule is CC=C1C(OC2OC(CO)C(O)C(O)C2O)OC=C(C(=O)OC)C1CC(=O)OCC1C(C)C(O)CC1C(C)CO. The second-order valence-electron chi connectivity index (χ2n) is 10.7. The third kappa shape index (κ3) is 6.85. The van der Waals surface area contributed by atoms with Crippen LogP contribution in [0.25, 0.3) is 0 Å². The number of allylic oxidation sites excluding steroid dienone is 1. The molecule has 0 aromatic carbocycles. The van der Waals surface area contributed by atoms with Crippen molar-refractivity contribution in [1.29, 1.82) is 0 Å². The van der Waals surface area contributed by atoms with Crippen LogP contribution in [0.1, 0.15) is 33.6 Å². The fourth-order valence-electron chi connectivity index (χ4n) is 5.75. The molecule has 1 aliphatic carbocycles. The monoisotopic (exact) mass is 574 g/mol. The lowest BCUT2D eigenvalue weighted by Gasteiger charge is -2.41. The van der Waals surface area contributed by atoms with E-state index in [1.54, 1.807) is 13.0 Å². The number of carbonyl (C=O) groups is 2. The van der Waals surface area contributed by atoms with Crippen molar-refractivity contribution in [2.75, 3.05) is 26.9 Å². The zero-order valence-corrected chi connectivity index (χ0v) is 23.2. The molecule has 2 heterocycles. The Hall–Kier alpha value is -2.10. The van der Waals surface area contributed by atoms with E-state index in [0.29, 0.717) is 12.0 Å². The summed E-state index contributed by atoms with van der Waals surface area (Å²) < 4.78 is 27.2. The molecule has 0 aromatic rings. The van der Waals surface area contributed by atoms with Gasteiger partial charge in [-0.3, -0.25) is 4.79 Å². The number of aliphatic hydroxyl groups is 6. The van der Waals surface area contributed by atoms with Crippen LogP contribution in [0.4, 0.5) is 0 Å². The molecule has 3 aliphatic rings. The Morgan fingerprint density at radius 1 is 1.15 bits per heavy atom. The third-order valence-electron chi connectivity index (χ3n) is 8.40. The van der Waals surface area contributed by atoms with Crippen LogP contribution in [-0.4, -0.2) is 113 Å². The maximum atomic E-state index is 13.1. The van der Waals surface area contributed by atoms with E-state index in [1.165, 1.54) is 7.11 Å². The van der Waals surface area contributed by atoms with E-state index in [-0.39, 0.29) is 48.9 Å². The van der Waals surface area contributed by atoms with Crippen molar-refractivity contribution in [1.82, 2.24) is 0 Å². The molecule has 12 atom stereocenters. The van der Waals surface area contributed by atoms with Gasteiger partial charge in [0.15, 0.2) is 6.29 Å². The maximum absolute atomic E-state index is 13.1. The summed E-state index contributed by atoms with van der Waals surface area (Å²) in [5.74, 6) is -2.67. The summed E-state index contributed by atoms with van der Waals surface area (Å²) in [4.78, 5) is 25.6. The largest absolute Gasteiger partial charge is 0.468 e. The summed E-state index contributed by atoms with van der Waals surface area (Å²) in [6.45, 7) is 4.72. The molecule has 0 amide bonds. The molecule has 0 spiro atoms. The van der Waals surface area contributed by atoms with E-state index in [1.807, 2.05) is 13.8 Å². The van der Waals surface area contributed by atoms with Crippen molar-refractivity contribution < 1.29 is 63.9 Å². The normalized spacial score (nSPS) is 39.8. The minimum atomic E-state index is -1.69. The lowest BCUT2D eigenvalue weighted by atomic mass is 9.83. The third-order valence-corrected chi connectivity index (χ3v) is 8.40. The van der Waals surface area contributed by atoms with Crippen LogP contribution in [0.5, 0.6) is 0 Å². The van der Waals surface area contributed by atoms with Gasteiger partial charge in [-0.05, 0) is 31.1 Å². The van der Waals surface area contributed by atoms with E-state index in [9.17, 15) is 40.2 Å². The Morgan fingerprint density at radius 2 is 1.85 bits per heavy atom. The van der Waals surface area contributed by atoms with Crippen molar-refractivity contribution in [2.24, 2.45) is 29.6 Å². The number of hydrogen-bond acceptors (Lipinski definition) is 13. The van der Waals surface area contributed by atoms with E-state index in [4.69, 9.17) is 23.7 Å². The molecule has 0 aromatic heterocycles. The lowest BCUT2D eigenvalue weighted by molar-refractivity contribution is -0.327. The summed E-state index contributed by atoms with van der Waals surface area (Å²) in [7, 11) is 1.18. The Morgan fingerprint density at radius 3 is 2.45 bits per heavy atom. The number of carbonyl (C=O) groups excluding carboxylic acids is 2. The fourth-order valence-corrected chi connectivity index (χ4v) is 5.75. The highest BCUT2D eigenvalue weighted by atomic mass is 16.8. The van der Waals surface area contributed by atoms with Gasteiger partial charge in [-0.15, -0.1) is 0 Å². The molecular weight excluding hydrogens is 532 g/mol. The topological polar surface area (TPSA) is 202 Å². The zero-order chi connectivity index (χ0) is 29.7. The van der Waals surface area contributed by atoms with E-state index >= 15 is 0 Å². The van der Waals surface area contributed by atoms with Crippen LogP contribution >= 0.6 is 0 Å². The lowest BCUT2D eigenvalue weighted by Crippen LogP contribution is -2.60. The van der Waals surface area contributed by atoms with E-state index < -0.39 is 67.6 Å². The molecule has 1 saturated carbocycles. The molecule has 13 nitrogen and oxygen atoms in total. The highest BCUT2D eigenvalue weighted by molar-refractivity contribution is 5.90. The van der Waals surface area contributed by atoms with Crippen LogP contribution in [-0.2, 0) is 33.3 Å². The predicted octanol–water partition coefficient (Wildman–Crippen LogP) is -1.03. The minimum absolute atomic E-state index is 0.0256. The number of methoxy groups -OCH3 is 1. The second kappa shape index (κ2) is 14.2. The molecular formula is C27H42O13. The molecule has 40 heavy (non-hydrogen) atoms. The van der Waals surface area contributed by atoms with Crippen molar-refractivity contribution in [3.63, 3.8) is 0 Å². The molecule has 13 heteroatoms. The molecule has 0 bridgehead atoms. The number of hydrogen-bond donors (Lipinski definition) is 6. The smallest absolute Gasteiger partial charge is 0.337 e. The van der Waals surface area contributed by atoms with Gasteiger partial charge in [0.05, 0.1) is 44.7 Å². The van der Waals surface area contributed by atoms with Gasteiger partial charge >= 0.3 is 11.9 Å². The highest BCUT2D eigenvalue weighted by Crippen LogP contribution is 2.42. The van der Waals surface area contributed by atoms with Gasteiger partial charge in [-0.25, -0.2) is 4.79 Å². The van der Waals surface area contributed by atoms with Gasteiger partial charge in [-0.2, -0.15) is 0 Å². The van der Waals surface area contributed by atoms with Crippen molar-refractivity contribution in [3.05, 3.63) is 23.5 Å². The fraction of sp³-hybridized carbons (Fsp3) is 0.778. The number of aliphatic hydroxyl groups excluding tert-OH is 6. The first-order valence-electron chi connectivity index (χ1n) is 13.5. The second-order valence-corrected chi connectivity index (χ2v) is 10.7. The molecule has 3 rings (SSSR count). The van der Waals surface area contributed by atoms with Gasteiger partial charge in [0, 0.05) is 24.0 Å². The van der Waals surface area contributed by atoms with Crippen LogP contribution < -0.4 is 0 Å². The first-order chi connectivity index (χ1) is 19.0. The zero-order valence-electron chi connectivity index (χ0n) is 23.2. The average Bonchev–Trinajstić information content (AvgIpc) is 3.24. The predicted molar refractivity (Wildman–Crippen MR) is 136 cm³/mol. The van der Waals surface area contributed by atoms with E-state index in [2.05, 4.69) is 0 Å². The molecule has 12 unspecified atom stereocenters. The van der Waals surface area contributed by atoms with Crippen LogP contribution in [0.2, 0.25) is 0 Å². The number of ether oxygens (including phenoxy) is 5. The summed E-state index contributed by atoms with van der Waals surface area (Å²) in [5, 5.41) is 59.9. The summed E-state index contributed by atoms with van der Waals surface area (Å²) >= 11 is 0. The Bertz CT molecular complexity index is 933. The quantitative estimate of drug-likeness (QED) is 0.137. The van der Waals surface area contributed by atoms with Gasteiger partial charge in [0.2, 0.25) is 6.29 Å².